The van der Waals surface area contributed by atoms with Crippen molar-refractivity contribution in [2.75, 3.05) is 19.6 Å². The molecule has 2 heterocycles. The molecule has 4 nitrogen and oxygen atoms in total. The number of piperazine rings is 1. The van der Waals surface area contributed by atoms with Gasteiger partial charge in [0.1, 0.15) is 0 Å². The second kappa shape index (κ2) is 5.95. The van der Waals surface area contributed by atoms with Gasteiger partial charge in [0.05, 0.1) is 12.2 Å². The lowest BCUT2D eigenvalue weighted by atomic mass is 10.0. The molecule has 3 rings (SSSR count). The summed E-state index contributed by atoms with van der Waals surface area (Å²) in [6.07, 6.45) is 0. The molecule has 0 radical (unpaired) electrons. The van der Waals surface area contributed by atoms with Crippen molar-refractivity contribution in [3.63, 3.8) is 0 Å². The van der Waals surface area contributed by atoms with E-state index in [1.807, 2.05) is 31.2 Å². The first-order valence-electron chi connectivity index (χ1n) is 6.85. The molecule has 106 valence electrons. The highest BCUT2D eigenvalue weighted by atomic mass is 35.5. The highest BCUT2D eigenvalue weighted by Crippen LogP contribution is 2.29. The monoisotopic (exact) mass is 291 g/mol. The average molecular weight is 292 g/mol. The molecule has 1 aromatic heterocycles. The molecule has 1 unspecified atom stereocenters. The second-order valence-corrected chi connectivity index (χ2v) is 5.55. The molecule has 1 N–H and O–H groups in total. The number of rotatable bonds is 3. The standard InChI is InChI=1S/C15H18ClN3O/c1-11-8-12(20-18-11)10-19-7-6-17-9-15(19)13-4-2-3-5-14(13)16/h2-5,8,15,17H,6-7,9-10H2,1H3. The Kier molecular flexibility index (Phi) is 4.05. The van der Waals surface area contributed by atoms with Gasteiger partial charge in [0.25, 0.3) is 0 Å². The van der Waals surface area contributed by atoms with Crippen LogP contribution in [0.1, 0.15) is 23.1 Å². The van der Waals surface area contributed by atoms with Crippen molar-refractivity contribution >= 4 is 11.6 Å². The lowest BCUT2D eigenvalue weighted by molar-refractivity contribution is 0.138. The topological polar surface area (TPSA) is 41.3 Å². The van der Waals surface area contributed by atoms with Crippen molar-refractivity contribution in [2.24, 2.45) is 0 Å². The van der Waals surface area contributed by atoms with E-state index in [0.29, 0.717) is 0 Å². The van der Waals surface area contributed by atoms with Gasteiger partial charge in [0, 0.05) is 36.8 Å². The van der Waals surface area contributed by atoms with Gasteiger partial charge in [-0.2, -0.15) is 0 Å². The maximum absolute atomic E-state index is 6.34. The number of aromatic nitrogens is 1. The molecule has 0 aliphatic carbocycles. The van der Waals surface area contributed by atoms with Crippen LogP contribution in [0.3, 0.4) is 0 Å². The molecule has 1 fully saturated rings. The molecule has 0 saturated carbocycles. The number of halogens is 1. The van der Waals surface area contributed by atoms with Gasteiger partial charge in [-0.05, 0) is 18.6 Å². The van der Waals surface area contributed by atoms with Gasteiger partial charge in [0.2, 0.25) is 0 Å². The Hall–Kier alpha value is -1.36. The minimum Gasteiger partial charge on any atom is -0.360 e. The van der Waals surface area contributed by atoms with Gasteiger partial charge in [0.15, 0.2) is 5.76 Å². The Morgan fingerprint density at radius 2 is 2.30 bits per heavy atom. The molecule has 5 heteroatoms. The predicted octanol–water partition coefficient (Wildman–Crippen LogP) is 2.78. The fourth-order valence-corrected chi connectivity index (χ4v) is 2.94. The zero-order chi connectivity index (χ0) is 13.9. The molecular weight excluding hydrogens is 274 g/mol. The van der Waals surface area contributed by atoms with Gasteiger partial charge >= 0.3 is 0 Å². The third kappa shape index (κ3) is 2.87. The summed E-state index contributed by atoms with van der Waals surface area (Å²) in [5.41, 5.74) is 2.09. The van der Waals surface area contributed by atoms with Crippen LogP contribution in [-0.2, 0) is 6.54 Å². The number of aryl methyl sites for hydroxylation is 1. The molecule has 1 aliphatic rings. The number of hydrogen-bond donors (Lipinski definition) is 1. The number of nitrogens with zero attached hydrogens (tertiary/aromatic N) is 2. The van der Waals surface area contributed by atoms with Crippen molar-refractivity contribution in [3.8, 4) is 0 Å². The minimum atomic E-state index is 0.267. The van der Waals surface area contributed by atoms with Crippen LogP contribution in [0.25, 0.3) is 0 Å². The lowest BCUT2D eigenvalue weighted by Gasteiger charge is -2.36. The van der Waals surface area contributed by atoms with Gasteiger partial charge in [-0.15, -0.1) is 0 Å². The van der Waals surface area contributed by atoms with Crippen LogP contribution in [0.4, 0.5) is 0 Å². The Morgan fingerprint density at radius 3 is 3.05 bits per heavy atom. The lowest BCUT2D eigenvalue weighted by Crippen LogP contribution is -2.45. The maximum Gasteiger partial charge on any atom is 0.150 e. The van der Waals surface area contributed by atoms with Crippen LogP contribution in [0.5, 0.6) is 0 Å². The van der Waals surface area contributed by atoms with E-state index in [0.717, 1.165) is 48.2 Å². The molecule has 1 atom stereocenters. The molecule has 1 saturated heterocycles. The first-order chi connectivity index (χ1) is 9.74. The Bertz CT molecular complexity index is 584. The van der Waals surface area contributed by atoms with Gasteiger partial charge in [-0.25, -0.2) is 0 Å². The normalized spacial score (nSPS) is 20.2. The van der Waals surface area contributed by atoms with E-state index in [9.17, 15) is 0 Å². The van der Waals surface area contributed by atoms with Crippen molar-refractivity contribution in [1.29, 1.82) is 0 Å². The third-order valence-corrected chi connectivity index (χ3v) is 4.00. The molecule has 2 aromatic rings. The van der Waals surface area contributed by atoms with Crippen LogP contribution in [0, 0.1) is 6.92 Å². The van der Waals surface area contributed by atoms with Crippen molar-refractivity contribution in [1.82, 2.24) is 15.4 Å². The molecule has 0 spiro atoms. The zero-order valence-electron chi connectivity index (χ0n) is 11.5. The van der Waals surface area contributed by atoms with Gasteiger partial charge in [-0.1, -0.05) is 35.0 Å². The predicted molar refractivity (Wildman–Crippen MR) is 78.7 cm³/mol. The summed E-state index contributed by atoms with van der Waals surface area (Å²) in [4.78, 5) is 2.39. The van der Waals surface area contributed by atoms with E-state index < -0.39 is 0 Å². The first-order valence-corrected chi connectivity index (χ1v) is 7.23. The molecule has 0 amide bonds. The summed E-state index contributed by atoms with van der Waals surface area (Å²) in [5, 5.41) is 8.21. The Morgan fingerprint density at radius 1 is 1.45 bits per heavy atom. The molecule has 0 bridgehead atoms. The van der Waals surface area contributed by atoms with E-state index in [1.54, 1.807) is 0 Å². The highest BCUT2D eigenvalue weighted by Gasteiger charge is 2.26. The minimum absolute atomic E-state index is 0.267. The van der Waals surface area contributed by atoms with Crippen molar-refractivity contribution in [2.45, 2.75) is 19.5 Å². The number of nitrogens with one attached hydrogen (secondary N) is 1. The quantitative estimate of drug-likeness (QED) is 0.944. The summed E-state index contributed by atoms with van der Waals surface area (Å²) < 4.78 is 5.34. The largest absolute Gasteiger partial charge is 0.360 e. The van der Waals surface area contributed by atoms with Crippen LogP contribution in [0.2, 0.25) is 5.02 Å². The fourth-order valence-electron chi connectivity index (χ4n) is 2.68. The van der Waals surface area contributed by atoms with Gasteiger partial charge in [-0.3, -0.25) is 4.90 Å². The maximum atomic E-state index is 6.34. The molecule has 20 heavy (non-hydrogen) atoms. The smallest absolute Gasteiger partial charge is 0.150 e. The third-order valence-electron chi connectivity index (χ3n) is 3.65. The average Bonchev–Trinajstić information content (AvgIpc) is 2.86. The molecule has 1 aromatic carbocycles. The fraction of sp³-hybridized carbons (Fsp3) is 0.400. The summed E-state index contributed by atoms with van der Waals surface area (Å²) in [5.74, 6) is 0.904. The molecular formula is C15H18ClN3O. The SMILES string of the molecule is Cc1cc(CN2CCNCC2c2ccccc2Cl)on1. The Balaban J connectivity index is 1.82. The van der Waals surface area contributed by atoms with Crippen molar-refractivity contribution < 1.29 is 4.52 Å². The van der Waals surface area contributed by atoms with E-state index in [1.165, 1.54) is 0 Å². The summed E-state index contributed by atoms with van der Waals surface area (Å²) in [6.45, 7) is 5.55. The van der Waals surface area contributed by atoms with Crippen LogP contribution < -0.4 is 5.32 Å². The second-order valence-electron chi connectivity index (χ2n) is 5.15. The summed E-state index contributed by atoms with van der Waals surface area (Å²) in [6, 6.07) is 10.3. The highest BCUT2D eigenvalue weighted by molar-refractivity contribution is 6.31. The van der Waals surface area contributed by atoms with Crippen LogP contribution in [0.15, 0.2) is 34.9 Å². The zero-order valence-corrected chi connectivity index (χ0v) is 12.2. The van der Waals surface area contributed by atoms with E-state index >= 15 is 0 Å². The number of hydrogen-bond acceptors (Lipinski definition) is 4. The van der Waals surface area contributed by atoms with E-state index in [2.05, 4.69) is 21.4 Å². The van der Waals surface area contributed by atoms with E-state index in [4.69, 9.17) is 16.1 Å². The summed E-state index contributed by atoms with van der Waals surface area (Å²) in [7, 11) is 0. The molecule has 1 aliphatic heterocycles. The van der Waals surface area contributed by atoms with Crippen molar-refractivity contribution in [3.05, 3.63) is 52.4 Å². The first kappa shape index (κ1) is 13.6. The van der Waals surface area contributed by atoms with E-state index in [-0.39, 0.29) is 6.04 Å². The number of benzene rings is 1. The van der Waals surface area contributed by atoms with Gasteiger partial charge < -0.3 is 9.84 Å². The van der Waals surface area contributed by atoms with Crippen LogP contribution >= 0.6 is 11.6 Å². The summed E-state index contributed by atoms with van der Waals surface area (Å²) >= 11 is 6.34. The Labute approximate surface area is 123 Å². The van der Waals surface area contributed by atoms with Crippen LogP contribution in [-0.4, -0.2) is 29.7 Å².